The molecular weight excluding hydrogens is 356 g/mol. The van der Waals surface area contributed by atoms with E-state index in [1.807, 2.05) is 0 Å². The molecule has 0 aliphatic rings. The molecule has 0 aliphatic heterocycles. The van der Waals surface area contributed by atoms with Gasteiger partial charge in [0.2, 0.25) is 0 Å². The molecule has 0 aliphatic carbocycles. The van der Waals surface area contributed by atoms with Crippen LogP contribution in [0.5, 0.6) is 5.75 Å². The lowest BCUT2D eigenvalue weighted by molar-refractivity contribution is -0.300. The van der Waals surface area contributed by atoms with Crippen LogP contribution in [0.2, 0.25) is 0 Å². The third-order valence-corrected chi connectivity index (χ3v) is 2.94. The molecule has 2 N–H and O–H groups in total. The molecule has 0 spiro atoms. The van der Waals surface area contributed by atoms with Crippen molar-refractivity contribution < 1.29 is 31.1 Å². The molecule has 0 bridgehead atoms. The number of ether oxygens (including phenoxy) is 1. The van der Waals surface area contributed by atoms with Crippen LogP contribution in [0.1, 0.15) is 18.5 Å². The summed E-state index contributed by atoms with van der Waals surface area (Å²) in [5, 5.41) is 0. The van der Waals surface area contributed by atoms with Crippen LogP contribution in [0.25, 0.3) is 0 Å². The molecule has 20 heavy (non-hydrogen) atoms. The van der Waals surface area contributed by atoms with Gasteiger partial charge in [-0.3, -0.25) is 0 Å². The van der Waals surface area contributed by atoms with E-state index in [2.05, 4.69) is 20.7 Å². The van der Waals surface area contributed by atoms with Gasteiger partial charge in [0.15, 0.2) is 0 Å². The molecule has 114 valence electrons. The van der Waals surface area contributed by atoms with Crippen molar-refractivity contribution in [1.29, 1.82) is 0 Å². The first kappa shape index (κ1) is 17.1. The van der Waals surface area contributed by atoms with Crippen molar-refractivity contribution in [3.05, 3.63) is 28.2 Å². The number of benzene rings is 1. The first-order valence-corrected chi connectivity index (χ1v) is 6.07. The summed E-state index contributed by atoms with van der Waals surface area (Å²) in [4.78, 5) is 0. The Kier molecular flexibility index (Phi) is 4.96. The van der Waals surface area contributed by atoms with Crippen LogP contribution in [0.3, 0.4) is 0 Å². The largest absolute Gasteiger partial charge is 0.470 e. The second-order valence-electron chi connectivity index (χ2n) is 4.06. The molecule has 1 rings (SSSR count). The summed E-state index contributed by atoms with van der Waals surface area (Å²) in [5.41, 5.74) is 6.09. The zero-order valence-electron chi connectivity index (χ0n) is 10.0. The van der Waals surface area contributed by atoms with E-state index in [0.29, 0.717) is 5.56 Å². The minimum atomic E-state index is -5.56. The van der Waals surface area contributed by atoms with Crippen molar-refractivity contribution in [3.63, 3.8) is 0 Å². The molecule has 0 saturated carbocycles. The molecule has 0 amide bonds. The van der Waals surface area contributed by atoms with Crippen molar-refractivity contribution in [2.45, 2.75) is 31.4 Å². The third-order valence-electron chi connectivity index (χ3n) is 2.32. The van der Waals surface area contributed by atoms with E-state index in [1.165, 1.54) is 12.1 Å². The highest BCUT2D eigenvalue weighted by molar-refractivity contribution is 9.10. The number of halogens is 7. The van der Waals surface area contributed by atoms with Crippen molar-refractivity contribution in [2.24, 2.45) is 5.73 Å². The quantitative estimate of drug-likeness (QED) is 0.808. The van der Waals surface area contributed by atoms with Gasteiger partial charge in [0.1, 0.15) is 5.75 Å². The van der Waals surface area contributed by atoms with E-state index in [4.69, 9.17) is 5.73 Å². The summed E-state index contributed by atoms with van der Waals surface area (Å²) < 4.78 is 78.2. The predicted molar refractivity (Wildman–Crippen MR) is 63.3 cm³/mol. The van der Waals surface area contributed by atoms with E-state index in [-0.39, 0.29) is 4.47 Å². The second kappa shape index (κ2) is 5.80. The van der Waals surface area contributed by atoms with Gasteiger partial charge in [0, 0.05) is 6.04 Å². The number of hydrogen-bond donors (Lipinski definition) is 1. The zero-order valence-corrected chi connectivity index (χ0v) is 11.6. The Morgan fingerprint density at radius 2 is 1.60 bits per heavy atom. The summed E-state index contributed by atoms with van der Waals surface area (Å²) in [6, 6.07) is 3.20. The average molecular weight is 366 g/mol. The molecule has 0 unspecified atom stereocenters. The van der Waals surface area contributed by atoms with Crippen LogP contribution >= 0.6 is 15.9 Å². The summed E-state index contributed by atoms with van der Waals surface area (Å²) in [6.45, 7) is 1.62. The summed E-state index contributed by atoms with van der Waals surface area (Å²) in [5.74, 6) is -0.561. The van der Waals surface area contributed by atoms with Gasteiger partial charge in [0.05, 0.1) is 4.47 Å². The fourth-order valence-electron chi connectivity index (χ4n) is 1.34. The van der Waals surface area contributed by atoms with Crippen molar-refractivity contribution in [1.82, 2.24) is 0 Å². The maximum atomic E-state index is 12.4. The molecule has 1 aromatic carbocycles. The SMILES string of the molecule is C[C@H](N)c1ccc(OC(C(F)(F)F)C(F)(F)F)c(Br)c1. The molecule has 0 radical (unpaired) electrons. The molecular formula is C11H10BrF6NO. The Morgan fingerprint density at radius 3 is 1.95 bits per heavy atom. The van der Waals surface area contributed by atoms with E-state index in [9.17, 15) is 26.3 Å². The van der Waals surface area contributed by atoms with Crippen LogP contribution in [0.4, 0.5) is 26.3 Å². The maximum absolute atomic E-state index is 12.4. The average Bonchev–Trinajstić information content (AvgIpc) is 2.23. The molecule has 1 aromatic rings. The van der Waals surface area contributed by atoms with Gasteiger partial charge < -0.3 is 10.5 Å². The Bertz CT molecular complexity index is 457. The molecule has 1 atom stereocenters. The van der Waals surface area contributed by atoms with Crippen LogP contribution in [-0.2, 0) is 0 Å². The van der Waals surface area contributed by atoms with Gasteiger partial charge in [-0.2, -0.15) is 26.3 Å². The Hall–Kier alpha value is -0.960. The smallest absolute Gasteiger partial charge is 0.434 e. The fraction of sp³-hybridized carbons (Fsp3) is 0.455. The van der Waals surface area contributed by atoms with E-state index in [0.717, 1.165) is 6.07 Å². The number of alkyl halides is 6. The summed E-state index contributed by atoms with van der Waals surface area (Å²) in [7, 11) is 0. The minimum absolute atomic E-state index is 0.0363. The summed E-state index contributed by atoms with van der Waals surface area (Å²) >= 11 is 2.86. The van der Waals surface area contributed by atoms with Crippen molar-refractivity contribution in [2.75, 3.05) is 0 Å². The van der Waals surface area contributed by atoms with Gasteiger partial charge in [-0.05, 0) is 40.5 Å². The monoisotopic (exact) mass is 365 g/mol. The number of nitrogens with two attached hydrogens (primary N) is 1. The van der Waals surface area contributed by atoms with Gasteiger partial charge >= 0.3 is 12.4 Å². The van der Waals surface area contributed by atoms with Crippen molar-refractivity contribution in [3.8, 4) is 5.75 Å². The first-order valence-electron chi connectivity index (χ1n) is 5.28. The predicted octanol–water partition coefficient (Wildman–Crippen LogP) is 4.34. The minimum Gasteiger partial charge on any atom is -0.470 e. The highest BCUT2D eigenvalue weighted by Gasteiger charge is 2.59. The number of rotatable bonds is 3. The molecule has 0 fully saturated rings. The topological polar surface area (TPSA) is 35.2 Å². The lowest BCUT2D eigenvalue weighted by Crippen LogP contribution is -2.46. The fourth-order valence-corrected chi connectivity index (χ4v) is 1.83. The Morgan fingerprint density at radius 1 is 1.10 bits per heavy atom. The van der Waals surface area contributed by atoms with E-state index >= 15 is 0 Å². The van der Waals surface area contributed by atoms with Crippen LogP contribution < -0.4 is 10.5 Å². The van der Waals surface area contributed by atoms with Crippen molar-refractivity contribution >= 4 is 15.9 Å². The maximum Gasteiger partial charge on any atom is 0.434 e. The van der Waals surface area contributed by atoms with E-state index in [1.54, 1.807) is 6.92 Å². The standard InChI is InChI=1S/C11H10BrF6NO/c1-5(19)6-2-3-8(7(12)4-6)20-9(10(13,14)15)11(16,17)18/h2-5,9H,19H2,1H3/t5-/m0/s1. The molecule has 9 heteroatoms. The van der Waals surface area contributed by atoms with Gasteiger partial charge in [0.25, 0.3) is 6.10 Å². The van der Waals surface area contributed by atoms with E-state index < -0.39 is 30.2 Å². The van der Waals surface area contributed by atoms with Gasteiger partial charge in [-0.25, -0.2) is 0 Å². The highest BCUT2D eigenvalue weighted by Crippen LogP contribution is 2.38. The van der Waals surface area contributed by atoms with Crippen LogP contribution in [0.15, 0.2) is 22.7 Å². The Balaban J connectivity index is 3.07. The first-order chi connectivity index (χ1) is 8.93. The highest BCUT2D eigenvalue weighted by atomic mass is 79.9. The van der Waals surface area contributed by atoms with Gasteiger partial charge in [-0.1, -0.05) is 6.07 Å². The lowest BCUT2D eigenvalue weighted by Gasteiger charge is -2.24. The third kappa shape index (κ3) is 4.27. The lowest BCUT2D eigenvalue weighted by atomic mass is 10.1. The normalized spacial score (nSPS) is 14.5. The molecule has 2 nitrogen and oxygen atoms in total. The van der Waals surface area contributed by atoms with Crippen LogP contribution in [-0.4, -0.2) is 18.5 Å². The summed E-state index contributed by atoms with van der Waals surface area (Å²) in [6.07, 6.45) is -15.0. The zero-order chi connectivity index (χ0) is 15.7. The molecule has 0 saturated heterocycles. The van der Waals surface area contributed by atoms with Crippen LogP contribution in [0, 0.1) is 0 Å². The molecule has 0 aromatic heterocycles. The number of hydrogen-bond acceptors (Lipinski definition) is 2. The second-order valence-corrected chi connectivity index (χ2v) is 4.91. The Labute approximate surface area is 119 Å². The van der Waals surface area contributed by atoms with Gasteiger partial charge in [-0.15, -0.1) is 0 Å². The molecule has 0 heterocycles.